The molecule has 0 spiro atoms. The zero-order valence-electron chi connectivity index (χ0n) is 13.2. The lowest BCUT2D eigenvalue weighted by Crippen LogP contribution is -2.30. The monoisotopic (exact) mass is 310 g/mol. The van der Waals surface area contributed by atoms with Crippen LogP contribution in [0, 0.1) is 17.0 Å². The maximum atomic E-state index is 12.8. The molecule has 1 aliphatic carbocycles. The van der Waals surface area contributed by atoms with E-state index in [-0.39, 0.29) is 17.6 Å². The number of hydrogen-bond acceptors (Lipinski definition) is 3. The van der Waals surface area contributed by atoms with Crippen LogP contribution in [0.1, 0.15) is 39.5 Å². The first kappa shape index (κ1) is 15.2. The van der Waals surface area contributed by atoms with Gasteiger partial charge in [0.05, 0.1) is 11.0 Å². The van der Waals surface area contributed by atoms with Crippen molar-refractivity contribution in [1.82, 2.24) is 4.90 Å². The predicted molar refractivity (Wildman–Crippen MR) is 87.4 cm³/mol. The predicted octanol–water partition coefficient (Wildman–Crippen LogP) is 3.66. The Morgan fingerprint density at radius 1 is 1.22 bits per heavy atom. The number of aryl methyl sites for hydroxylation is 1. The number of carbonyl (C=O) groups excluding carboxylic acids is 1. The first-order valence-electron chi connectivity index (χ1n) is 7.59. The van der Waals surface area contributed by atoms with Crippen LogP contribution in [0.25, 0.3) is 0 Å². The molecule has 2 aromatic carbocycles. The van der Waals surface area contributed by atoms with E-state index in [2.05, 4.69) is 12.1 Å². The van der Waals surface area contributed by atoms with Crippen LogP contribution in [-0.4, -0.2) is 22.8 Å². The van der Waals surface area contributed by atoms with Gasteiger partial charge in [0.25, 0.3) is 11.6 Å². The second kappa shape index (κ2) is 5.83. The average molecular weight is 310 g/mol. The summed E-state index contributed by atoms with van der Waals surface area (Å²) < 4.78 is 0. The zero-order valence-corrected chi connectivity index (χ0v) is 13.2. The van der Waals surface area contributed by atoms with Gasteiger partial charge in [-0.1, -0.05) is 30.3 Å². The summed E-state index contributed by atoms with van der Waals surface area (Å²) in [5, 5.41) is 11.1. The number of rotatable bonds is 3. The van der Waals surface area contributed by atoms with Crippen molar-refractivity contribution in [3.63, 3.8) is 0 Å². The summed E-state index contributed by atoms with van der Waals surface area (Å²) >= 11 is 0. The Hall–Kier alpha value is -2.69. The second-order valence-electron chi connectivity index (χ2n) is 5.88. The summed E-state index contributed by atoms with van der Waals surface area (Å²) in [4.78, 5) is 25.2. The van der Waals surface area contributed by atoms with Gasteiger partial charge in [0.1, 0.15) is 0 Å². The normalized spacial score (nSPS) is 16.0. The van der Waals surface area contributed by atoms with Gasteiger partial charge in [0, 0.05) is 24.2 Å². The highest BCUT2D eigenvalue weighted by Gasteiger charge is 2.30. The molecule has 0 bridgehead atoms. The summed E-state index contributed by atoms with van der Waals surface area (Å²) in [5.74, 6) is -0.173. The molecule has 0 fully saturated rings. The number of fused-ring (bicyclic) bond motifs is 1. The quantitative estimate of drug-likeness (QED) is 0.642. The second-order valence-corrected chi connectivity index (χ2v) is 5.88. The van der Waals surface area contributed by atoms with Crippen molar-refractivity contribution in [3.8, 4) is 0 Å². The van der Waals surface area contributed by atoms with E-state index in [1.165, 1.54) is 17.2 Å². The molecule has 0 aliphatic heterocycles. The Bertz CT molecular complexity index is 786. The van der Waals surface area contributed by atoms with E-state index in [1.807, 2.05) is 12.1 Å². The van der Waals surface area contributed by atoms with Crippen LogP contribution in [0.4, 0.5) is 5.69 Å². The molecule has 0 saturated carbocycles. The van der Waals surface area contributed by atoms with Crippen molar-refractivity contribution >= 4 is 11.6 Å². The molecular formula is C18H18N2O3. The van der Waals surface area contributed by atoms with Gasteiger partial charge in [-0.25, -0.2) is 0 Å². The number of nitro benzene ring substituents is 1. The fourth-order valence-corrected chi connectivity index (χ4v) is 3.32. The average Bonchev–Trinajstić information content (AvgIpc) is 2.97. The molecule has 118 valence electrons. The maximum Gasteiger partial charge on any atom is 0.273 e. The molecule has 1 amide bonds. The Kier molecular flexibility index (Phi) is 3.86. The fourth-order valence-electron chi connectivity index (χ4n) is 3.32. The van der Waals surface area contributed by atoms with Crippen LogP contribution in [0.5, 0.6) is 0 Å². The minimum Gasteiger partial charge on any atom is -0.335 e. The lowest BCUT2D eigenvalue weighted by Gasteiger charge is -2.26. The molecule has 2 aromatic rings. The van der Waals surface area contributed by atoms with Crippen molar-refractivity contribution in [2.24, 2.45) is 0 Å². The van der Waals surface area contributed by atoms with E-state index in [4.69, 9.17) is 0 Å². The van der Waals surface area contributed by atoms with E-state index in [1.54, 1.807) is 31.0 Å². The number of amides is 1. The molecule has 0 N–H and O–H groups in total. The Morgan fingerprint density at radius 2 is 1.96 bits per heavy atom. The molecular weight excluding hydrogens is 292 g/mol. The van der Waals surface area contributed by atoms with Crippen molar-refractivity contribution in [2.75, 3.05) is 7.05 Å². The minimum atomic E-state index is -0.447. The summed E-state index contributed by atoms with van der Waals surface area (Å²) in [5.41, 5.74) is 3.24. The first-order chi connectivity index (χ1) is 11.0. The molecule has 1 aliphatic rings. The van der Waals surface area contributed by atoms with Crippen LogP contribution in [-0.2, 0) is 6.42 Å². The van der Waals surface area contributed by atoms with Crippen LogP contribution in [0.15, 0.2) is 42.5 Å². The zero-order chi connectivity index (χ0) is 16.6. The van der Waals surface area contributed by atoms with Crippen LogP contribution in [0.2, 0.25) is 0 Å². The first-order valence-corrected chi connectivity index (χ1v) is 7.59. The molecule has 5 heteroatoms. The summed E-state index contributed by atoms with van der Waals surface area (Å²) in [7, 11) is 1.77. The number of nitro groups is 1. The highest BCUT2D eigenvalue weighted by atomic mass is 16.6. The van der Waals surface area contributed by atoms with Crippen molar-refractivity contribution in [2.45, 2.75) is 25.8 Å². The lowest BCUT2D eigenvalue weighted by molar-refractivity contribution is -0.385. The number of nitrogens with zero attached hydrogens (tertiary/aromatic N) is 2. The summed E-state index contributed by atoms with van der Waals surface area (Å²) in [6, 6.07) is 12.8. The third kappa shape index (κ3) is 2.59. The van der Waals surface area contributed by atoms with Crippen molar-refractivity contribution in [3.05, 3.63) is 74.8 Å². The smallest absolute Gasteiger partial charge is 0.273 e. The van der Waals surface area contributed by atoms with Crippen molar-refractivity contribution < 1.29 is 9.72 Å². The van der Waals surface area contributed by atoms with Crippen molar-refractivity contribution in [1.29, 1.82) is 0 Å². The topological polar surface area (TPSA) is 63.5 Å². The van der Waals surface area contributed by atoms with Gasteiger partial charge in [-0.3, -0.25) is 14.9 Å². The summed E-state index contributed by atoms with van der Waals surface area (Å²) in [6.45, 7) is 1.63. The lowest BCUT2D eigenvalue weighted by atomic mass is 10.0. The van der Waals surface area contributed by atoms with E-state index in [0.717, 1.165) is 12.8 Å². The molecule has 3 rings (SSSR count). The minimum absolute atomic E-state index is 0.0175. The van der Waals surface area contributed by atoms with Gasteiger partial charge in [0.2, 0.25) is 0 Å². The number of carbonyl (C=O) groups is 1. The van der Waals surface area contributed by atoms with Gasteiger partial charge in [-0.2, -0.15) is 0 Å². The molecule has 1 atom stereocenters. The third-order valence-electron chi connectivity index (χ3n) is 4.62. The Morgan fingerprint density at radius 3 is 2.70 bits per heavy atom. The molecule has 0 radical (unpaired) electrons. The third-order valence-corrected chi connectivity index (χ3v) is 4.62. The van der Waals surface area contributed by atoms with Crippen LogP contribution in [0.3, 0.4) is 0 Å². The maximum absolute atomic E-state index is 12.8. The van der Waals surface area contributed by atoms with Gasteiger partial charge in [0.15, 0.2) is 0 Å². The molecule has 23 heavy (non-hydrogen) atoms. The fraction of sp³-hybridized carbons (Fsp3) is 0.278. The van der Waals surface area contributed by atoms with E-state index < -0.39 is 4.92 Å². The Labute approximate surface area is 134 Å². The summed E-state index contributed by atoms with van der Waals surface area (Å²) in [6.07, 6.45) is 1.84. The Balaban J connectivity index is 1.93. The van der Waals surface area contributed by atoms with Gasteiger partial charge in [-0.15, -0.1) is 0 Å². The number of benzene rings is 2. The standard InChI is InChI=1S/C18H18N2O3/c1-12-14(8-5-9-16(12)20(22)23)18(21)19(2)17-11-10-13-6-3-4-7-15(13)17/h3-9,17H,10-11H2,1-2H3. The van der Waals surface area contributed by atoms with Crippen LogP contribution >= 0.6 is 0 Å². The molecule has 0 aromatic heterocycles. The van der Waals surface area contributed by atoms with E-state index in [0.29, 0.717) is 11.1 Å². The highest BCUT2D eigenvalue weighted by molar-refractivity contribution is 5.96. The number of hydrogen-bond donors (Lipinski definition) is 0. The molecule has 1 unspecified atom stereocenters. The molecule has 0 saturated heterocycles. The van der Waals surface area contributed by atoms with E-state index >= 15 is 0 Å². The largest absolute Gasteiger partial charge is 0.335 e. The van der Waals surface area contributed by atoms with Crippen LogP contribution < -0.4 is 0 Å². The molecule has 5 nitrogen and oxygen atoms in total. The SMILES string of the molecule is Cc1c(C(=O)N(C)C2CCc3ccccc32)cccc1[N+](=O)[O-]. The van der Waals surface area contributed by atoms with E-state index in [9.17, 15) is 14.9 Å². The van der Waals surface area contributed by atoms with Gasteiger partial charge >= 0.3 is 0 Å². The van der Waals surface area contributed by atoms with Gasteiger partial charge in [-0.05, 0) is 37.0 Å². The molecule has 0 heterocycles. The highest BCUT2D eigenvalue weighted by Crippen LogP contribution is 2.36. The van der Waals surface area contributed by atoms with Gasteiger partial charge < -0.3 is 4.90 Å².